The van der Waals surface area contributed by atoms with E-state index < -0.39 is 27.7 Å². The van der Waals surface area contributed by atoms with Crippen LogP contribution in [-0.2, 0) is 19.7 Å². The molecule has 1 aliphatic rings. The van der Waals surface area contributed by atoms with E-state index in [1.165, 1.54) is 0 Å². The average Bonchev–Trinajstić information content (AvgIpc) is 2.27. The van der Waals surface area contributed by atoms with Gasteiger partial charge in [0.1, 0.15) is 0 Å². The number of nitrogens with zero attached hydrogens (tertiary/aromatic N) is 1. The Bertz CT molecular complexity index is 356. The Morgan fingerprint density at radius 2 is 1.64 bits per heavy atom. The second-order valence-corrected chi connectivity index (χ2v) is 3.95. The standard InChI is InChI=1S/C6H7NO5S.Na/c8-5-1-2-6(9)7(5)3-4-13(10,11)12;/h1-2H,3-4H2,(H,10,11,12);/q;+1/p-1. The molecule has 0 unspecified atom stereocenters. The van der Waals surface area contributed by atoms with Gasteiger partial charge in [-0.25, -0.2) is 8.42 Å². The molecule has 2 amide bonds. The Morgan fingerprint density at radius 1 is 1.21 bits per heavy atom. The monoisotopic (exact) mass is 227 g/mol. The van der Waals surface area contributed by atoms with Crippen LogP contribution in [0.15, 0.2) is 12.2 Å². The van der Waals surface area contributed by atoms with Crippen LogP contribution in [0.4, 0.5) is 0 Å². The van der Waals surface area contributed by atoms with Crippen molar-refractivity contribution in [2.45, 2.75) is 0 Å². The summed E-state index contributed by atoms with van der Waals surface area (Å²) in [5.41, 5.74) is 0. The first kappa shape index (κ1) is 13.8. The van der Waals surface area contributed by atoms with Gasteiger partial charge >= 0.3 is 29.6 Å². The number of amides is 2. The van der Waals surface area contributed by atoms with E-state index in [1.807, 2.05) is 0 Å². The normalized spacial score (nSPS) is 15.9. The molecule has 0 aromatic heterocycles. The van der Waals surface area contributed by atoms with Crippen molar-refractivity contribution in [2.75, 3.05) is 12.3 Å². The molecule has 14 heavy (non-hydrogen) atoms. The van der Waals surface area contributed by atoms with Crippen molar-refractivity contribution in [3.8, 4) is 0 Å². The van der Waals surface area contributed by atoms with Crippen LogP contribution in [0.1, 0.15) is 0 Å². The van der Waals surface area contributed by atoms with Crippen LogP contribution in [-0.4, -0.2) is 42.0 Å². The van der Waals surface area contributed by atoms with Crippen molar-refractivity contribution in [3.63, 3.8) is 0 Å². The zero-order valence-corrected chi connectivity index (χ0v) is 10.3. The fourth-order valence-corrected chi connectivity index (χ4v) is 1.26. The van der Waals surface area contributed by atoms with Crippen LogP contribution < -0.4 is 29.6 Å². The number of carbonyl (C=O) groups excluding carboxylic acids is 2. The van der Waals surface area contributed by atoms with E-state index in [2.05, 4.69) is 0 Å². The molecule has 72 valence electrons. The van der Waals surface area contributed by atoms with Gasteiger partial charge in [-0.3, -0.25) is 14.5 Å². The predicted octanol–water partition coefficient (Wildman–Crippen LogP) is -4.54. The zero-order valence-electron chi connectivity index (χ0n) is 7.47. The van der Waals surface area contributed by atoms with Crippen molar-refractivity contribution >= 4 is 21.9 Å². The van der Waals surface area contributed by atoms with Crippen molar-refractivity contribution in [2.24, 2.45) is 0 Å². The topological polar surface area (TPSA) is 94.6 Å². The minimum Gasteiger partial charge on any atom is -0.748 e. The molecule has 0 fully saturated rings. The second kappa shape index (κ2) is 5.04. The molecule has 1 aliphatic heterocycles. The first-order valence-electron chi connectivity index (χ1n) is 3.37. The number of hydrogen-bond acceptors (Lipinski definition) is 5. The third-order valence-corrected chi connectivity index (χ3v) is 2.15. The third-order valence-electron chi connectivity index (χ3n) is 1.47. The van der Waals surface area contributed by atoms with E-state index in [4.69, 9.17) is 0 Å². The summed E-state index contributed by atoms with van der Waals surface area (Å²) in [5, 5.41) is 0. The van der Waals surface area contributed by atoms with Gasteiger partial charge in [0, 0.05) is 18.7 Å². The van der Waals surface area contributed by atoms with Gasteiger partial charge in [-0.2, -0.15) is 0 Å². The summed E-state index contributed by atoms with van der Waals surface area (Å²) in [7, 11) is -4.38. The molecule has 0 aliphatic carbocycles. The molecule has 0 N–H and O–H groups in total. The summed E-state index contributed by atoms with van der Waals surface area (Å²) in [5.74, 6) is -1.92. The van der Waals surface area contributed by atoms with Crippen molar-refractivity contribution in [1.82, 2.24) is 4.90 Å². The maximum Gasteiger partial charge on any atom is 1.00 e. The van der Waals surface area contributed by atoms with Crippen molar-refractivity contribution in [3.05, 3.63) is 12.2 Å². The molecule has 0 aromatic carbocycles. The van der Waals surface area contributed by atoms with Gasteiger partial charge in [-0.15, -0.1) is 0 Å². The van der Waals surface area contributed by atoms with Crippen LogP contribution in [0.2, 0.25) is 0 Å². The zero-order chi connectivity index (χ0) is 10.1. The number of imide groups is 1. The minimum atomic E-state index is -4.38. The first-order valence-corrected chi connectivity index (χ1v) is 4.95. The Labute approximate surface area is 103 Å². The average molecular weight is 227 g/mol. The predicted molar refractivity (Wildman–Crippen MR) is 40.4 cm³/mol. The molecule has 1 rings (SSSR count). The summed E-state index contributed by atoms with van der Waals surface area (Å²) in [6.07, 6.45) is 2.06. The van der Waals surface area contributed by atoms with Crippen molar-refractivity contribution in [1.29, 1.82) is 0 Å². The van der Waals surface area contributed by atoms with E-state index >= 15 is 0 Å². The van der Waals surface area contributed by atoms with E-state index in [0.717, 1.165) is 12.2 Å². The molecule has 0 saturated carbocycles. The van der Waals surface area contributed by atoms with Gasteiger partial charge in [0.15, 0.2) is 0 Å². The summed E-state index contributed by atoms with van der Waals surface area (Å²) < 4.78 is 30.5. The molecule has 0 saturated heterocycles. The Morgan fingerprint density at radius 3 is 2.00 bits per heavy atom. The molecule has 1 heterocycles. The van der Waals surface area contributed by atoms with E-state index in [-0.39, 0.29) is 36.1 Å². The largest absolute Gasteiger partial charge is 1.00 e. The number of carbonyl (C=O) groups is 2. The van der Waals surface area contributed by atoms with Gasteiger partial charge in [-0.05, 0) is 0 Å². The maximum absolute atomic E-state index is 10.8. The first-order chi connectivity index (χ1) is 5.90. The van der Waals surface area contributed by atoms with Gasteiger partial charge in [-0.1, -0.05) is 0 Å². The number of rotatable bonds is 3. The van der Waals surface area contributed by atoms with Crippen LogP contribution in [0.5, 0.6) is 0 Å². The van der Waals surface area contributed by atoms with Gasteiger partial charge < -0.3 is 4.55 Å². The van der Waals surface area contributed by atoms with Crippen LogP contribution >= 0.6 is 0 Å². The number of hydrogen-bond donors (Lipinski definition) is 0. The summed E-state index contributed by atoms with van der Waals surface area (Å²) in [6, 6.07) is 0. The summed E-state index contributed by atoms with van der Waals surface area (Å²) >= 11 is 0. The van der Waals surface area contributed by atoms with E-state index in [9.17, 15) is 22.6 Å². The SMILES string of the molecule is O=C1C=CC(=O)N1CCS(=O)(=O)[O-].[Na+]. The molecule has 6 nitrogen and oxygen atoms in total. The summed E-state index contributed by atoms with van der Waals surface area (Å²) in [6.45, 7) is -0.378. The Hall–Kier alpha value is -0.210. The van der Waals surface area contributed by atoms with E-state index in [1.54, 1.807) is 0 Å². The summed E-state index contributed by atoms with van der Waals surface area (Å²) in [4.78, 5) is 22.3. The molecular formula is C6H6NNaO5S. The fourth-order valence-electron chi connectivity index (χ4n) is 0.855. The van der Waals surface area contributed by atoms with Crippen LogP contribution in [0.3, 0.4) is 0 Å². The maximum atomic E-state index is 10.8. The molecular weight excluding hydrogens is 221 g/mol. The Balaban J connectivity index is 0.00000169. The fraction of sp³-hybridized carbons (Fsp3) is 0.333. The molecule has 0 aromatic rings. The van der Waals surface area contributed by atoms with Crippen LogP contribution in [0.25, 0.3) is 0 Å². The molecule has 8 heteroatoms. The van der Waals surface area contributed by atoms with Gasteiger partial charge in [0.25, 0.3) is 11.8 Å². The molecule has 0 bridgehead atoms. The molecule has 0 spiro atoms. The van der Waals surface area contributed by atoms with Crippen molar-refractivity contribution < 1.29 is 52.1 Å². The minimum absolute atomic E-state index is 0. The van der Waals surface area contributed by atoms with Gasteiger partial charge in [0.05, 0.1) is 15.9 Å². The van der Waals surface area contributed by atoms with Gasteiger partial charge in [0.2, 0.25) is 0 Å². The third kappa shape index (κ3) is 3.89. The van der Waals surface area contributed by atoms with Crippen LogP contribution in [0, 0.1) is 0 Å². The van der Waals surface area contributed by atoms with E-state index in [0.29, 0.717) is 4.90 Å². The Kier molecular flexibility index (Phi) is 4.96. The second-order valence-electron chi connectivity index (χ2n) is 2.42. The smallest absolute Gasteiger partial charge is 0.748 e. The quantitative estimate of drug-likeness (QED) is 0.275. The molecule has 0 radical (unpaired) electrons. The molecule has 0 atom stereocenters.